The summed E-state index contributed by atoms with van der Waals surface area (Å²) in [5, 5.41) is 3.26. The third kappa shape index (κ3) is 2.16. The van der Waals surface area contributed by atoms with Gasteiger partial charge in [-0.05, 0) is 25.7 Å². The maximum atomic E-state index is 5.86. The van der Waals surface area contributed by atoms with Crippen LogP contribution in [0.1, 0.15) is 25.5 Å². The number of rotatable bonds is 2. The normalized spacial score (nSPS) is 27.0. The molecule has 1 aliphatic rings. The predicted molar refractivity (Wildman–Crippen MR) is 65.4 cm³/mol. The Hall–Kier alpha value is -0.610. The minimum Gasteiger partial charge on any atom is -0.344 e. The van der Waals surface area contributed by atoms with Crippen molar-refractivity contribution < 1.29 is 0 Å². The SMILES string of the molecule is Cc1csc(N2CCCC(C)C2CN)n1. The molecule has 15 heavy (non-hydrogen) atoms. The Kier molecular flexibility index (Phi) is 3.26. The largest absolute Gasteiger partial charge is 0.344 e. The second kappa shape index (κ2) is 4.49. The van der Waals surface area contributed by atoms with Crippen LogP contribution in [0.15, 0.2) is 5.38 Å². The first-order chi connectivity index (χ1) is 7.22. The molecule has 1 saturated heterocycles. The molecule has 0 spiro atoms. The maximum absolute atomic E-state index is 5.86. The fourth-order valence-electron chi connectivity index (χ4n) is 2.32. The predicted octanol–water partition coefficient (Wildman–Crippen LogP) is 2.02. The van der Waals surface area contributed by atoms with E-state index in [1.165, 1.54) is 12.8 Å². The zero-order chi connectivity index (χ0) is 10.8. The lowest BCUT2D eigenvalue weighted by Gasteiger charge is -2.39. The number of aryl methyl sites for hydroxylation is 1. The van der Waals surface area contributed by atoms with E-state index in [2.05, 4.69) is 22.2 Å². The first-order valence-electron chi connectivity index (χ1n) is 5.61. The summed E-state index contributed by atoms with van der Waals surface area (Å²) in [5.41, 5.74) is 6.98. The van der Waals surface area contributed by atoms with Gasteiger partial charge in [0.25, 0.3) is 0 Å². The number of hydrogen-bond acceptors (Lipinski definition) is 4. The average Bonchev–Trinajstić information content (AvgIpc) is 2.64. The molecular formula is C11H19N3S. The van der Waals surface area contributed by atoms with Crippen molar-refractivity contribution >= 4 is 16.5 Å². The molecule has 0 radical (unpaired) electrons. The summed E-state index contributed by atoms with van der Waals surface area (Å²) in [6.45, 7) is 6.19. The Bertz CT molecular complexity index is 323. The summed E-state index contributed by atoms with van der Waals surface area (Å²) >= 11 is 1.74. The molecule has 2 N–H and O–H groups in total. The lowest BCUT2D eigenvalue weighted by molar-refractivity contribution is 0.349. The van der Waals surface area contributed by atoms with Gasteiger partial charge in [-0.2, -0.15) is 0 Å². The van der Waals surface area contributed by atoms with Crippen molar-refractivity contribution in [3.8, 4) is 0 Å². The van der Waals surface area contributed by atoms with E-state index in [0.29, 0.717) is 12.0 Å². The average molecular weight is 225 g/mol. The summed E-state index contributed by atoms with van der Waals surface area (Å²) in [4.78, 5) is 6.95. The monoisotopic (exact) mass is 225 g/mol. The molecule has 2 rings (SSSR count). The van der Waals surface area contributed by atoms with Crippen molar-refractivity contribution in [2.45, 2.75) is 32.7 Å². The number of thiazole rings is 1. The molecule has 3 nitrogen and oxygen atoms in total. The highest BCUT2D eigenvalue weighted by atomic mass is 32.1. The van der Waals surface area contributed by atoms with E-state index in [1.54, 1.807) is 11.3 Å². The molecule has 0 amide bonds. The second-order valence-electron chi connectivity index (χ2n) is 4.39. The Labute approximate surface area is 95.3 Å². The Morgan fingerprint density at radius 2 is 2.47 bits per heavy atom. The quantitative estimate of drug-likeness (QED) is 0.837. The molecule has 2 heterocycles. The van der Waals surface area contributed by atoms with Gasteiger partial charge >= 0.3 is 0 Å². The number of nitrogens with two attached hydrogens (primary N) is 1. The van der Waals surface area contributed by atoms with Gasteiger partial charge in [0.05, 0.1) is 5.69 Å². The summed E-state index contributed by atoms with van der Waals surface area (Å²) in [6, 6.07) is 0.476. The molecule has 0 aliphatic carbocycles. The van der Waals surface area contributed by atoms with Gasteiger partial charge in [-0.1, -0.05) is 6.92 Å². The highest BCUT2D eigenvalue weighted by molar-refractivity contribution is 7.13. The van der Waals surface area contributed by atoms with E-state index in [-0.39, 0.29) is 0 Å². The Morgan fingerprint density at radius 1 is 1.67 bits per heavy atom. The maximum Gasteiger partial charge on any atom is 0.185 e. The summed E-state index contributed by atoms with van der Waals surface area (Å²) in [5.74, 6) is 0.688. The van der Waals surface area contributed by atoms with Gasteiger partial charge in [0.15, 0.2) is 5.13 Å². The first-order valence-corrected chi connectivity index (χ1v) is 6.49. The molecule has 2 unspecified atom stereocenters. The van der Waals surface area contributed by atoms with Crippen LogP contribution in [0.2, 0.25) is 0 Å². The van der Waals surface area contributed by atoms with E-state index >= 15 is 0 Å². The summed E-state index contributed by atoms with van der Waals surface area (Å²) in [7, 11) is 0. The van der Waals surface area contributed by atoms with Gasteiger partial charge in [-0.25, -0.2) is 4.98 Å². The molecule has 4 heteroatoms. The standard InChI is InChI=1S/C11H19N3S/c1-8-4-3-5-14(10(8)6-12)11-13-9(2)7-15-11/h7-8,10H,3-6,12H2,1-2H3. The van der Waals surface area contributed by atoms with Crippen LogP contribution >= 0.6 is 11.3 Å². The molecule has 2 atom stereocenters. The molecule has 1 aromatic heterocycles. The molecule has 1 fully saturated rings. The molecule has 84 valence electrons. The minimum atomic E-state index is 0.476. The van der Waals surface area contributed by atoms with Crippen LogP contribution in [0.25, 0.3) is 0 Å². The van der Waals surface area contributed by atoms with E-state index in [1.807, 2.05) is 6.92 Å². The van der Waals surface area contributed by atoms with Crippen LogP contribution in [0.4, 0.5) is 5.13 Å². The van der Waals surface area contributed by atoms with Crippen LogP contribution in [0.3, 0.4) is 0 Å². The number of hydrogen-bond donors (Lipinski definition) is 1. The zero-order valence-corrected chi connectivity index (χ0v) is 10.3. The van der Waals surface area contributed by atoms with Gasteiger partial charge in [0.2, 0.25) is 0 Å². The first kappa shape index (κ1) is 10.9. The number of piperidine rings is 1. The van der Waals surface area contributed by atoms with Crippen LogP contribution in [-0.2, 0) is 0 Å². The molecule has 1 aliphatic heterocycles. The fraction of sp³-hybridized carbons (Fsp3) is 0.727. The van der Waals surface area contributed by atoms with Gasteiger partial charge in [-0.3, -0.25) is 0 Å². The topological polar surface area (TPSA) is 42.1 Å². The van der Waals surface area contributed by atoms with Crippen LogP contribution in [0, 0.1) is 12.8 Å². The molecule has 0 aromatic carbocycles. The Morgan fingerprint density at radius 3 is 3.07 bits per heavy atom. The minimum absolute atomic E-state index is 0.476. The van der Waals surface area contributed by atoms with Gasteiger partial charge in [-0.15, -0.1) is 11.3 Å². The molecular weight excluding hydrogens is 206 g/mol. The van der Waals surface area contributed by atoms with Gasteiger partial charge in [0.1, 0.15) is 0 Å². The highest BCUT2D eigenvalue weighted by Crippen LogP contribution is 2.30. The number of anilines is 1. The van der Waals surface area contributed by atoms with Gasteiger partial charge < -0.3 is 10.6 Å². The number of nitrogens with zero attached hydrogens (tertiary/aromatic N) is 2. The Balaban J connectivity index is 2.19. The lowest BCUT2D eigenvalue weighted by Crippen LogP contribution is -2.48. The van der Waals surface area contributed by atoms with Crippen LogP contribution in [0.5, 0.6) is 0 Å². The van der Waals surface area contributed by atoms with E-state index in [4.69, 9.17) is 5.73 Å². The van der Waals surface area contributed by atoms with Crippen molar-refractivity contribution in [1.82, 2.24) is 4.98 Å². The van der Waals surface area contributed by atoms with E-state index in [0.717, 1.165) is 23.9 Å². The van der Waals surface area contributed by atoms with E-state index in [9.17, 15) is 0 Å². The van der Waals surface area contributed by atoms with Crippen molar-refractivity contribution in [3.63, 3.8) is 0 Å². The molecule has 0 bridgehead atoms. The lowest BCUT2D eigenvalue weighted by atomic mass is 9.91. The number of aromatic nitrogens is 1. The second-order valence-corrected chi connectivity index (χ2v) is 5.22. The van der Waals surface area contributed by atoms with Crippen LogP contribution < -0.4 is 10.6 Å². The van der Waals surface area contributed by atoms with E-state index < -0.39 is 0 Å². The molecule has 1 aromatic rings. The summed E-state index contributed by atoms with van der Waals surface area (Å²) in [6.07, 6.45) is 2.55. The van der Waals surface area contributed by atoms with Crippen molar-refractivity contribution in [2.75, 3.05) is 18.0 Å². The highest BCUT2D eigenvalue weighted by Gasteiger charge is 2.28. The van der Waals surface area contributed by atoms with Crippen molar-refractivity contribution in [1.29, 1.82) is 0 Å². The molecule has 0 saturated carbocycles. The smallest absolute Gasteiger partial charge is 0.185 e. The summed E-state index contributed by atoms with van der Waals surface area (Å²) < 4.78 is 0. The zero-order valence-electron chi connectivity index (χ0n) is 9.44. The van der Waals surface area contributed by atoms with Crippen molar-refractivity contribution in [2.24, 2.45) is 11.7 Å². The van der Waals surface area contributed by atoms with Crippen molar-refractivity contribution in [3.05, 3.63) is 11.1 Å². The third-order valence-corrected chi connectivity index (χ3v) is 4.21. The van der Waals surface area contributed by atoms with Gasteiger partial charge in [0, 0.05) is 24.5 Å². The fourth-order valence-corrected chi connectivity index (χ4v) is 3.21. The third-order valence-electron chi connectivity index (χ3n) is 3.21. The van der Waals surface area contributed by atoms with Crippen LogP contribution in [-0.4, -0.2) is 24.1 Å².